The van der Waals surface area contributed by atoms with Crippen LogP contribution in [0.3, 0.4) is 0 Å². The van der Waals surface area contributed by atoms with E-state index in [2.05, 4.69) is 5.32 Å². The van der Waals surface area contributed by atoms with Crippen molar-refractivity contribution >= 4 is 17.6 Å². The summed E-state index contributed by atoms with van der Waals surface area (Å²) in [6.45, 7) is 4.17. The summed E-state index contributed by atoms with van der Waals surface area (Å²) in [6.07, 6.45) is 5.34. The molecule has 0 heterocycles. The topological polar surface area (TPSA) is 55.4 Å². The summed E-state index contributed by atoms with van der Waals surface area (Å²) in [5.74, 6) is -0.263. The van der Waals surface area contributed by atoms with Gasteiger partial charge in [-0.1, -0.05) is 26.2 Å². The van der Waals surface area contributed by atoms with E-state index in [0.29, 0.717) is 12.2 Å². The number of carbonyl (C=O) groups excluding carboxylic acids is 2. The van der Waals surface area contributed by atoms with E-state index in [1.165, 1.54) is 6.42 Å². The molecule has 1 amide bonds. The first-order chi connectivity index (χ1) is 10.0. The Hall–Kier alpha value is -1.84. The Morgan fingerprint density at radius 1 is 1.14 bits per heavy atom. The van der Waals surface area contributed by atoms with Gasteiger partial charge in [-0.2, -0.15) is 0 Å². The molecule has 0 atom stereocenters. The van der Waals surface area contributed by atoms with E-state index in [1.54, 1.807) is 31.2 Å². The Morgan fingerprint density at radius 3 is 2.33 bits per heavy atom. The summed E-state index contributed by atoms with van der Waals surface area (Å²) in [4.78, 5) is 24.0. The first-order valence-corrected chi connectivity index (χ1v) is 7.64. The highest BCUT2D eigenvalue weighted by molar-refractivity contribution is 5.96. The molecule has 1 aliphatic carbocycles. The standard InChI is InChI=1S/C17H23NO3/c1-3-21-15(19)13-7-9-14(10-8-13)18-16(20)17(2)11-5-4-6-12-17/h7-10H,3-6,11-12H2,1-2H3,(H,18,20). The molecule has 1 aliphatic rings. The lowest BCUT2D eigenvalue weighted by molar-refractivity contribution is -0.126. The highest BCUT2D eigenvalue weighted by atomic mass is 16.5. The molecule has 0 unspecified atom stereocenters. The number of benzene rings is 1. The van der Waals surface area contributed by atoms with Gasteiger partial charge < -0.3 is 10.1 Å². The zero-order chi connectivity index (χ0) is 15.3. The predicted molar refractivity (Wildman–Crippen MR) is 82.2 cm³/mol. The van der Waals surface area contributed by atoms with Gasteiger partial charge in [0, 0.05) is 11.1 Å². The van der Waals surface area contributed by atoms with Crippen molar-refractivity contribution in [3.05, 3.63) is 29.8 Å². The number of hydrogen-bond donors (Lipinski definition) is 1. The van der Waals surface area contributed by atoms with Gasteiger partial charge in [0.05, 0.1) is 12.2 Å². The van der Waals surface area contributed by atoms with Gasteiger partial charge in [0.15, 0.2) is 0 Å². The first-order valence-electron chi connectivity index (χ1n) is 7.64. The summed E-state index contributed by atoms with van der Waals surface area (Å²) in [6, 6.07) is 6.85. The second kappa shape index (κ2) is 6.74. The average Bonchev–Trinajstić information content (AvgIpc) is 2.49. The molecule has 1 aromatic rings. The van der Waals surface area contributed by atoms with Crippen LogP contribution in [0.25, 0.3) is 0 Å². The largest absolute Gasteiger partial charge is 0.462 e. The van der Waals surface area contributed by atoms with Crippen molar-refractivity contribution in [1.82, 2.24) is 0 Å². The van der Waals surface area contributed by atoms with Crippen LogP contribution in [0, 0.1) is 5.41 Å². The van der Waals surface area contributed by atoms with Gasteiger partial charge in [-0.15, -0.1) is 0 Å². The first kappa shape index (κ1) is 15.5. The van der Waals surface area contributed by atoms with Crippen molar-refractivity contribution in [1.29, 1.82) is 0 Å². The van der Waals surface area contributed by atoms with Gasteiger partial charge in [0.25, 0.3) is 0 Å². The third kappa shape index (κ3) is 3.84. The lowest BCUT2D eigenvalue weighted by Gasteiger charge is -2.32. The highest BCUT2D eigenvalue weighted by Crippen LogP contribution is 2.36. The van der Waals surface area contributed by atoms with Crippen molar-refractivity contribution < 1.29 is 14.3 Å². The summed E-state index contributed by atoms with van der Waals surface area (Å²) in [5, 5.41) is 2.96. The Bertz CT molecular complexity index is 501. The van der Waals surface area contributed by atoms with E-state index in [1.807, 2.05) is 6.92 Å². The lowest BCUT2D eigenvalue weighted by atomic mass is 9.75. The van der Waals surface area contributed by atoms with Crippen LogP contribution in [0.5, 0.6) is 0 Å². The number of esters is 1. The average molecular weight is 289 g/mol. The van der Waals surface area contributed by atoms with E-state index in [9.17, 15) is 9.59 Å². The molecular formula is C17H23NO3. The molecule has 0 spiro atoms. The van der Waals surface area contributed by atoms with Gasteiger partial charge in [-0.3, -0.25) is 4.79 Å². The third-order valence-corrected chi connectivity index (χ3v) is 4.16. The van der Waals surface area contributed by atoms with Crippen molar-refractivity contribution in [2.75, 3.05) is 11.9 Å². The maximum absolute atomic E-state index is 12.4. The monoisotopic (exact) mass is 289 g/mol. The molecule has 1 aromatic carbocycles. The summed E-state index contributed by atoms with van der Waals surface area (Å²) in [5.41, 5.74) is 0.955. The van der Waals surface area contributed by atoms with Gasteiger partial charge in [-0.25, -0.2) is 4.79 Å². The molecule has 0 bridgehead atoms. The second-order valence-electron chi connectivity index (χ2n) is 5.87. The molecule has 1 saturated carbocycles. The maximum atomic E-state index is 12.4. The molecule has 0 radical (unpaired) electrons. The molecule has 1 N–H and O–H groups in total. The van der Waals surface area contributed by atoms with Crippen LogP contribution in [0.4, 0.5) is 5.69 Å². The minimum Gasteiger partial charge on any atom is -0.462 e. The Balaban J connectivity index is 1.99. The molecule has 0 aliphatic heterocycles. The molecule has 2 rings (SSSR count). The summed E-state index contributed by atoms with van der Waals surface area (Å²) in [7, 11) is 0. The van der Waals surface area contributed by atoms with E-state index < -0.39 is 0 Å². The molecule has 1 fully saturated rings. The Kier molecular flexibility index (Phi) is 4.99. The fourth-order valence-corrected chi connectivity index (χ4v) is 2.75. The van der Waals surface area contributed by atoms with Crippen molar-refractivity contribution in [2.45, 2.75) is 46.0 Å². The van der Waals surface area contributed by atoms with Crippen LogP contribution in [0.1, 0.15) is 56.3 Å². The van der Waals surface area contributed by atoms with Crippen molar-refractivity contribution in [3.8, 4) is 0 Å². The molecule has 21 heavy (non-hydrogen) atoms. The number of anilines is 1. The zero-order valence-electron chi connectivity index (χ0n) is 12.8. The number of ether oxygens (including phenoxy) is 1. The minimum atomic E-state index is -0.338. The number of nitrogens with one attached hydrogen (secondary N) is 1. The number of hydrogen-bond acceptors (Lipinski definition) is 3. The van der Waals surface area contributed by atoms with Gasteiger partial charge in [-0.05, 0) is 44.0 Å². The van der Waals surface area contributed by atoms with Crippen LogP contribution in [0.15, 0.2) is 24.3 Å². The minimum absolute atomic E-state index is 0.0751. The molecule has 0 saturated heterocycles. The van der Waals surface area contributed by atoms with E-state index in [0.717, 1.165) is 31.4 Å². The number of carbonyl (C=O) groups is 2. The third-order valence-electron chi connectivity index (χ3n) is 4.16. The Labute approximate surface area is 125 Å². The van der Waals surface area contributed by atoms with E-state index in [4.69, 9.17) is 4.74 Å². The fourth-order valence-electron chi connectivity index (χ4n) is 2.75. The summed E-state index contributed by atoms with van der Waals surface area (Å²) < 4.78 is 4.93. The molecule has 0 aromatic heterocycles. The molecule has 114 valence electrons. The van der Waals surface area contributed by atoms with Crippen molar-refractivity contribution in [3.63, 3.8) is 0 Å². The van der Waals surface area contributed by atoms with Gasteiger partial charge in [0.1, 0.15) is 0 Å². The van der Waals surface area contributed by atoms with Crippen LogP contribution in [-0.2, 0) is 9.53 Å². The van der Waals surface area contributed by atoms with Crippen LogP contribution < -0.4 is 5.32 Å². The molecule has 4 heteroatoms. The SMILES string of the molecule is CCOC(=O)c1ccc(NC(=O)C2(C)CCCCC2)cc1. The Morgan fingerprint density at radius 2 is 1.76 bits per heavy atom. The quantitative estimate of drug-likeness (QED) is 0.858. The predicted octanol–water partition coefficient (Wildman–Crippen LogP) is 3.77. The van der Waals surface area contributed by atoms with Crippen LogP contribution >= 0.6 is 0 Å². The second-order valence-corrected chi connectivity index (χ2v) is 5.87. The van der Waals surface area contributed by atoms with Gasteiger partial charge >= 0.3 is 5.97 Å². The highest BCUT2D eigenvalue weighted by Gasteiger charge is 2.34. The normalized spacial score (nSPS) is 17.0. The van der Waals surface area contributed by atoms with Gasteiger partial charge in [0.2, 0.25) is 5.91 Å². The maximum Gasteiger partial charge on any atom is 0.338 e. The summed E-state index contributed by atoms with van der Waals surface area (Å²) >= 11 is 0. The number of amides is 1. The smallest absolute Gasteiger partial charge is 0.338 e. The van der Waals surface area contributed by atoms with E-state index in [-0.39, 0.29) is 17.3 Å². The zero-order valence-corrected chi connectivity index (χ0v) is 12.8. The van der Waals surface area contributed by atoms with Crippen LogP contribution in [-0.4, -0.2) is 18.5 Å². The molecule has 4 nitrogen and oxygen atoms in total. The van der Waals surface area contributed by atoms with E-state index >= 15 is 0 Å². The molecular weight excluding hydrogens is 266 g/mol. The van der Waals surface area contributed by atoms with Crippen molar-refractivity contribution in [2.24, 2.45) is 5.41 Å². The lowest BCUT2D eigenvalue weighted by Crippen LogP contribution is -2.35. The fraction of sp³-hybridized carbons (Fsp3) is 0.529. The van der Waals surface area contributed by atoms with Crippen LogP contribution in [0.2, 0.25) is 0 Å². The number of rotatable bonds is 4.